The Bertz CT molecular complexity index is 472. The van der Waals surface area contributed by atoms with E-state index in [0.717, 1.165) is 5.56 Å². The number of hydrogen-bond acceptors (Lipinski definition) is 4. The highest BCUT2D eigenvalue weighted by Crippen LogP contribution is 2.23. The van der Waals surface area contributed by atoms with Crippen molar-refractivity contribution in [2.75, 3.05) is 5.32 Å². The van der Waals surface area contributed by atoms with E-state index in [-0.39, 0.29) is 0 Å². The molecule has 4 nitrogen and oxygen atoms in total. The van der Waals surface area contributed by atoms with E-state index in [1.807, 2.05) is 12.1 Å². The number of nitrogens with one attached hydrogen (secondary N) is 1. The Labute approximate surface area is 106 Å². The smallest absolute Gasteiger partial charge is 0.247 e. The fourth-order valence-electron chi connectivity index (χ4n) is 2.49. The molecule has 0 aliphatic heterocycles. The van der Waals surface area contributed by atoms with Crippen molar-refractivity contribution < 1.29 is 4.42 Å². The molecule has 0 bridgehead atoms. The number of aromatic nitrogens is 2. The van der Waals surface area contributed by atoms with Crippen LogP contribution in [0.4, 0.5) is 5.69 Å². The zero-order valence-electron chi connectivity index (χ0n) is 10.3. The van der Waals surface area contributed by atoms with Crippen LogP contribution in [0.2, 0.25) is 0 Å². The zero-order chi connectivity index (χ0) is 12.2. The normalized spacial score (nSPS) is 16.7. The molecule has 1 heterocycles. The minimum atomic E-state index is 0.569. The summed E-state index contributed by atoms with van der Waals surface area (Å²) < 4.78 is 5.17. The molecule has 1 aliphatic rings. The molecular formula is C14H17N3O. The Hall–Kier alpha value is -1.84. The lowest BCUT2D eigenvalue weighted by Crippen LogP contribution is -2.22. The van der Waals surface area contributed by atoms with E-state index < -0.39 is 0 Å². The van der Waals surface area contributed by atoms with Gasteiger partial charge in [-0.3, -0.25) is 0 Å². The van der Waals surface area contributed by atoms with E-state index >= 15 is 0 Å². The van der Waals surface area contributed by atoms with Crippen LogP contribution < -0.4 is 5.32 Å². The highest BCUT2D eigenvalue weighted by Gasteiger charge is 2.12. The third-order valence-electron chi connectivity index (χ3n) is 3.47. The molecule has 1 aliphatic carbocycles. The Morgan fingerprint density at radius 1 is 1.06 bits per heavy atom. The van der Waals surface area contributed by atoms with E-state index in [2.05, 4.69) is 27.6 Å². The van der Waals surface area contributed by atoms with Crippen LogP contribution in [0.3, 0.4) is 0 Å². The molecule has 0 spiro atoms. The maximum absolute atomic E-state index is 5.17. The van der Waals surface area contributed by atoms with Gasteiger partial charge in [0.05, 0.1) is 0 Å². The summed E-state index contributed by atoms with van der Waals surface area (Å²) in [7, 11) is 0. The maximum Gasteiger partial charge on any atom is 0.247 e. The highest BCUT2D eigenvalue weighted by molar-refractivity contribution is 5.58. The second kappa shape index (κ2) is 5.21. The van der Waals surface area contributed by atoms with Crippen LogP contribution in [-0.2, 0) is 0 Å². The highest BCUT2D eigenvalue weighted by atomic mass is 16.4. The minimum absolute atomic E-state index is 0.569. The molecule has 0 amide bonds. The fourth-order valence-corrected chi connectivity index (χ4v) is 2.49. The fraction of sp³-hybridized carbons (Fsp3) is 0.429. The molecule has 4 heteroatoms. The number of rotatable bonds is 3. The van der Waals surface area contributed by atoms with Crippen LogP contribution in [0.25, 0.3) is 11.5 Å². The summed E-state index contributed by atoms with van der Waals surface area (Å²) in [4.78, 5) is 0. The van der Waals surface area contributed by atoms with Crippen LogP contribution in [-0.4, -0.2) is 16.2 Å². The van der Waals surface area contributed by atoms with Crippen molar-refractivity contribution in [2.24, 2.45) is 0 Å². The first-order chi connectivity index (χ1) is 8.92. The summed E-state index contributed by atoms with van der Waals surface area (Å²) in [5.41, 5.74) is 2.13. The van der Waals surface area contributed by atoms with Crippen LogP contribution in [0, 0.1) is 0 Å². The van der Waals surface area contributed by atoms with Crippen molar-refractivity contribution in [3.8, 4) is 11.5 Å². The van der Waals surface area contributed by atoms with Gasteiger partial charge in [0.25, 0.3) is 0 Å². The maximum atomic E-state index is 5.17. The molecule has 3 rings (SSSR count). The first-order valence-corrected chi connectivity index (χ1v) is 6.55. The van der Waals surface area contributed by atoms with Gasteiger partial charge >= 0.3 is 0 Å². The van der Waals surface area contributed by atoms with E-state index in [4.69, 9.17) is 4.42 Å². The second-order valence-electron chi connectivity index (χ2n) is 4.80. The van der Waals surface area contributed by atoms with Crippen LogP contribution in [0.1, 0.15) is 32.1 Å². The molecular weight excluding hydrogens is 226 g/mol. The molecule has 2 aromatic rings. The third-order valence-corrected chi connectivity index (χ3v) is 3.47. The molecule has 18 heavy (non-hydrogen) atoms. The van der Waals surface area contributed by atoms with E-state index in [0.29, 0.717) is 11.9 Å². The summed E-state index contributed by atoms with van der Waals surface area (Å²) in [5, 5.41) is 11.2. The molecule has 1 aromatic heterocycles. The largest absolute Gasteiger partial charge is 0.423 e. The van der Waals surface area contributed by atoms with Crippen molar-refractivity contribution in [1.82, 2.24) is 10.2 Å². The molecule has 0 saturated heterocycles. The van der Waals surface area contributed by atoms with Crippen molar-refractivity contribution in [2.45, 2.75) is 38.1 Å². The lowest BCUT2D eigenvalue weighted by Gasteiger charge is -2.23. The van der Waals surface area contributed by atoms with Gasteiger partial charge in [-0.05, 0) is 37.1 Å². The lowest BCUT2D eigenvalue weighted by atomic mass is 9.95. The lowest BCUT2D eigenvalue weighted by molar-refractivity contribution is 0.463. The second-order valence-corrected chi connectivity index (χ2v) is 4.80. The summed E-state index contributed by atoms with van der Waals surface area (Å²) in [5.74, 6) is 0.569. The summed E-state index contributed by atoms with van der Waals surface area (Å²) >= 11 is 0. The molecule has 94 valence electrons. The van der Waals surface area contributed by atoms with Gasteiger partial charge in [0.1, 0.15) is 0 Å². The molecule has 1 aromatic carbocycles. The van der Waals surface area contributed by atoms with Gasteiger partial charge in [-0.1, -0.05) is 19.3 Å². The van der Waals surface area contributed by atoms with E-state index in [9.17, 15) is 0 Å². The van der Waals surface area contributed by atoms with E-state index in [1.54, 1.807) is 0 Å². The van der Waals surface area contributed by atoms with Crippen molar-refractivity contribution in [3.63, 3.8) is 0 Å². The Kier molecular flexibility index (Phi) is 3.26. The summed E-state index contributed by atoms with van der Waals surface area (Å²) in [6, 6.07) is 8.81. The van der Waals surface area contributed by atoms with Gasteiger partial charge in [-0.25, -0.2) is 0 Å². The molecule has 0 atom stereocenters. The first kappa shape index (κ1) is 11.3. The first-order valence-electron chi connectivity index (χ1n) is 6.55. The standard InChI is InChI=1S/C14H17N3O/c1-2-4-12(5-3-1)16-13-8-6-11(7-9-13)14-17-15-10-18-14/h6-10,12,16H,1-5H2. The Balaban J connectivity index is 1.67. The predicted octanol–water partition coefficient (Wildman–Crippen LogP) is 3.48. The molecule has 1 saturated carbocycles. The third kappa shape index (κ3) is 2.53. The predicted molar refractivity (Wildman–Crippen MR) is 70.2 cm³/mol. The van der Waals surface area contributed by atoms with Crippen molar-refractivity contribution in [1.29, 1.82) is 0 Å². The van der Waals surface area contributed by atoms with Gasteiger partial charge in [0.2, 0.25) is 12.3 Å². The van der Waals surface area contributed by atoms with Gasteiger partial charge < -0.3 is 9.73 Å². The zero-order valence-corrected chi connectivity index (χ0v) is 10.3. The van der Waals surface area contributed by atoms with E-state index in [1.165, 1.54) is 44.2 Å². The molecule has 1 N–H and O–H groups in total. The van der Waals surface area contributed by atoms with Crippen LogP contribution in [0.5, 0.6) is 0 Å². The SMILES string of the molecule is c1nnc(-c2ccc(NC3CCCCC3)cc2)o1. The molecule has 0 unspecified atom stereocenters. The number of hydrogen-bond donors (Lipinski definition) is 1. The van der Waals surface area contributed by atoms with Crippen molar-refractivity contribution >= 4 is 5.69 Å². The summed E-state index contributed by atoms with van der Waals surface area (Å²) in [6.07, 6.45) is 7.99. The van der Waals surface area contributed by atoms with Gasteiger partial charge in [0, 0.05) is 17.3 Å². The Morgan fingerprint density at radius 2 is 1.83 bits per heavy atom. The van der Waals surface area contributed by atoms with Crippen molar-refractivity contribution in [3.05, 3.63) is 30.7 Å². The van der Waals surface area contributed by atoms with Gasteiger partial charge in [-0.2, -0.15) is 0 Å². The number of benzene rings is 1. The topological polar surface area (TPSA) is 51.0 Å². The number of anilines is 1. The van der Waals surface area contributed by atoms with Gasteiger partial charge in [-0.15, -0.1) is 10.2 Å². The van der Waals surface area contributed by atoms with Crippen LogP contribution >= 0.6 is 0 Å². The Morgan fingerprint density at radius 3 is 2.50 bits per heavy atom. The minimum Gasteiger partial charge on any atom is -0.423 e. The quantitative estimate of drug-likeness (QED) is 0.896. The van der Waals surface area contributed by atoms with Gasteiger partial charge in [0.15, 0.2) is 0 Å². The molecule has 0 radical (unpaired) electrons. The average Bonchev–Trinajstić information content (AvgIpc) is 2.95. The average molecular weight is 243 g/mol. The number of nitrogens with zero attached hydrogens (tertiary/aromatic N) is 2. The van der Waals surface area contributed by atoms with Crippen LogP contribution in [0.15, 0.2) is 35.1 Å². The monoisotopic (exact) mass is 243 g/mol. The summed E-state index contributed by atoms with van der Waals surface area (Å²) in [6.45, 7) is 0. The molecule has 1 fully saturated rings.